The highest BCUT2D eigenvalue weighted by Crippen LogP contribution is 2.37. The minimum Gasteiger partial charge on any atom is -0.494 e. The number of ether oxygens (including phenoxy) is 2. The summed E-state index contributed by atoms with van der Waals surface area (Å²) < 4.78 is 52.3. The molecule has 1 fully saturated rings. The fraction of sp³-hybridized carbons (Fsp3) is 0.306. The largest absolute Gasteiger partial charge is 0.494 e. The van der Waals surface area contributed by atoms with Crippen LogP contribution in [0.1, 0.15) is 45.0 Å². The molecule has 0 saturated carbocycles. The molecule has 5 rings (SSSR count). The Bertz CT molecular complexity index is 1470. The van der Waals surface area contributed by atoms with Crippen molar-refractivity contribution in [2.75, 3.05) is 46.0 Å². The van der Waals surface area contributed by atoms with E-state index in [1.54, 1.807) is 35.2 Å². The van der Waals surface area contributed by atoms with E-state index in [-0.39, 0.29) is 23.4 Å². The summed E-state index contributed by atoms with van der Waals surface area (Å²) in [6, 6.07) is 31.4. The van der Waals surface area contributed by atoms with Gasteiger partial charge in [0.2, 0.25) is 0 Å². The monoisotopic (exact) mass is 636 g/mol. The van der Waals surface area contributed by atoms with Gasteiger partial charge in [-0.1, -0.05) is 84.4 Å². The van der Waals surface area contributed by atoms with Crippen molar-refractivity contribution >= 4 is 17.5 Å². The lowest BCUT2D eigenvalue weighted by atomic mass is 9.90. The van der Waals surface area contributed by atoms with Crippen molar-refractivity contribution in [3.63, 3.8) is 0 Å². The van der Waals surface area contributed by atoms with Crippen molar-refractivity contribution in [1.82, 2.24) is 9.80 Å². The van der Waals surface area contributed by atoms with Gasteiger partial charge in [0.1, 0.15) is 5.75 Å². The van der Waals surface area contributed by atoms with Crippen molar-refractivity contribution in [2.45, 2.75) is 25.1 Å². The fourth-order valence-corrected chi connectivity index (χ4v) is 5.84. The summed E-state index contributed by atoms with van der Waals surface area (Å²) in [5.74, 6) is 0.613. The maximum atomic E-state index is 13.7. The van der Waals surface area contributed by atoms with Crippen LogP contribution in [0.25, 0.3) is 0 Å². The number of amides is 1. The van der Waals surface area contributed by atoms with Gasteiger partial charge in [-0.05, 0) is 53.4 Å². The summed E-state index contributed by atoms with van der Waals surface area (Å²) in [5.41, 5.74) is 2.43. The highest BCUT2D eigenvalue weighted by Gasteiger charge is 2.34. The van der Waals surface area contributed by atoms with Gasteiger partial charge in [-0.15, -0.1) is 0 Å². The van der Waals surface area contributed by atoms with Crippen molar-refractivity contribution in [3.8, 4) is 5.75 Å². The molecule has 0 aromatic heterocycles. The topological polar surface area (TPSA) is 42.0 Å². The molecule has 4 aromatic rings. The first-order valence-corrected chi connectivity index (χ1v) is 15.4. The Kier molecular flexibility index (Phi) is 11.2. The second kappa shape index (κ2) is 15.4. The average Bonchev–Trinajstić information content (AvgIpc) is 3.07. The summed E-state index contributed by atoms with van der Waals surface area (Å²) in [4.78, 5) is 16.7. The molecule has 236 valence electrons. The number of carbonyl (C=O) groups is 1. The van der Waals surface area contributed by atoms with Gasteiger partial charge >= 0.3 is 6.18 Å². The Labute approximate surface area is 267 Å². The zero-order chi connectivity index (χ0) is 31.6. The van der Waals surface area contributed by atoms with Gasteiger partial charge in [-0.2, -0.15) is 13.2 Å². The van der Waals surface area contributed by atoms with Crippen molar-refractivity contribution in [2.24, 2.45) is 0 Å². The number of nitrogens with zero attached hydrogens (tertiary/aromatic N) is 2. The number of carbonyl (C=O) groups excluding carboxylic acids is 1. The zero-order valence-electron chi connectivity index (χ0n) is 24.9. The molecule has 0 radical (unpaired) electrons. The van der Waals surface area contributed by atoms with Crippen molar-refractivity contribution < 1.29 is 27.4 Å². The summed E-state index contributed by atoms with van der Waals surface area (Å²) >= 11 is 6.33. The second-order valence-corrected chi connectivity index (χ2v) is 11.4. The predicted octanol–water partition coefficient (Wildman–Crippen LogP) is 7.93. The lowest BCUT2D eigenvalue weighted by molar-refractivity contribution is -0.137. The highest BCUT2D eigenvalue weighted by atomic mass is 35.5. The minimum atomic E-state index is -4.54. The molecule has 0 aliphatic carbocycles. The maximum absolute atomic E-state index is 13.7. The Morgan fingerprint density at radius 2 is 1.49 bits per heavy atom. The smallest absolute Gasteiger partial charge is 0.417 e. The first-order valence-electron chi connectivity index (χ1n) is 15.1. The molecule has 0 atom stereocenters. The molecule has 1 heterocycles. The van der Waals surface area contributed by atoms with E-state index in [1.807, 2.05) is 36.4 Å². The van der Waals surface area contributed by atoms with Crippen LogP contribution in [0.5, 0.6) is 5.75 Å². The van der Waals surface area contributed by atoms with E-state index in [0.717, 1.165) is 17.2 Å². The molecular weight excluding hydrogens is 601 g/mol. The molecule has 45 heavy (non-hydrogen) atoms. The molecule has 1 aliphatic heterocycles. The molecule has 1 saturated heterocycles. The van der Waals surface area contributed by atoms with Gasteiger partial charge in [0, 0.05) is 44.2 Å². The lowest BCUT2D eigenvalue weighted by Gasteiger charge is -2.29. The second-order valence-electron chi connectivity index (χ2n) is 11.0. The molecule has 1 amide bonds. The van der Waals surface area contributed by atoms with Crippen LogP contribution in [-0.2, 0) is 17.5 Å². The van der Waals surface area contributed by atoms with Crippen LogP contribution < -0.4 is 4.74 Å². The molecular formula is C36H36ClF3N2O3. The minimum absolute atomic E-state index is 0.00515. The van der Waals surface area contributed by atoms with E-state index in [1.165, 1.54) is 6.07 Å². The number of hydrogen-bond acceptors (Lipinski definition) is 4. The van der Waals surface area contributed by atoms with E-state index in [4.69, 9.17) is 21.1 Å². The van der Waals surface area contributed by atoms with Gasteiger partial charge in [-0.3, -0.25) is 9.69 Å². The van der Waals surface area contributed by atoms with Crippen LogP contribution in [0.4, 0.5) is 13.2 Å². The van der Waals surface area contributed by atoms with Crippen molar-refractivity contribution in [3.05, 3.63) is 136 Å². The van der Waals surface area contributed by atoms with Gasteiger partial charge in [0.25, 0.3) is 5.91 Å². The predicted molar refractivity (Wildman–Crippen MR) is 170 cm³/mol. The molecule has 4 aromatic carbocycles. The molecule has 1 aliphatic rings. The lowest BCUT2D eigenvalue weighted by Crippen LogP contribution is -2.40. The summed E-state index contributed by atoms with van der Waals surface area (Å²) in [6.07, 6.45) is -3.91. The molecule has 9 heteroatoms. The molecule has 5 nitrogen and oxygen atoms in total. The van der Waals surface area contributed by atoms with Gasteiger partial charge in [-0.25, -0.2) is 0 Å². The number of morpholine rings is 1. The van der Waals surface area contributed by atoms with Crippen LogP contribution in [0.15, 0.2) is 103 Å². The van der Waals surface area contributed by atoms with Gasteiger partial charge in [0.05, 0.1) is 30.4 Å². The maximum Gasteiger partial charge on any atom is 0.417 e. The molecule has 0 N–H and O–H groups in total. The van der Waals surface area contributed by atoms with Crippen LogP contribution in [0, 0.1) is 0 Å². The Balaban J connectivity index is 1.29. The SMILES string of the molecule is O=C(c1ccc(OCCCN(Cc2cccc(C(F)(F)F)c2Cl)CC(c2ccccc2)c2ccccc2)cc1)N1CCOCC1. The number of rotatable bonds is 12. The Morgan fingerprint density at radius 1 is 0.867 bits per heavy atom. The molecule has 0 unspecified atom stereocenters. The summed E-state index contributed by atoms with van der Waals surface area (Å²) in [5, 5.41) is -0.270. The molecule has 0 spiro atoms. The summed E-state index contributed by atoms with van der Waals surface area (Å²) in [6.45, 7) is 4.02. The number of hydrogen-bond donors (Lipinski definition) is 0. The number of alkyl halides is 3. The van der Waals surface area contributed by atoms with Crippen LogP contribution in [0.2, 0.25) is 5.02 Å². The van der Waals surface area contributed by atoms with Crippen molar-refractivity contribution in [1.29, 1.82) is 0 Å². The first-order chi connectivity index (χ1) is 21.8. The van der Waals surface area contributed by atoms with Gasteiger partial charge < -0.3 is 14.4 Å². The molecule has 0 bridgehead atoms. The van der Waals surface area contributed by atoms with Crippen LogP contribution >= 0.6 is 11.6 Å². The van der Waals surface area contributed by atoms with Crippen LogP contribution in [0.3, 0.4) is 0 Å². The third-order valence-electron chi connectivity index (χ3n) is 7.91. The standard InChI is InChI=1S/C36H36ClF3N2O3/c37-34-30(13-7-14-33(34)36(38,39)40)25-41(26-32(27-9-3-1-4-10-27)28-11-5-2-6-12-28)19-8-22-45-31-17-15-29(16-18-31)35(43)42-20-23-44-24-21-42/h1-7,9-18,32H,8,19-26H2. The number of halogens is 4. The number of benzene rings is 4. The van der Waals surface area contributed by atoms with E-state index < -0.39 is 11.7 Å². The van der Waals surface area contributed by atoms with E-state index >= 15 is 0 Å². The van der Waals surface area contributed by atoms with E-state index in [0.29, 0.717) is 69.3 Å². The first kappa shape index (κ1) is 32.5. The van der Waals surface area contributed by atoms with E-state index in [2.05, 4.69) is 29.2 Å². The quantitative estimate of drug-likeness (QED) is 0.148. The zero-order valence-corrected chi connectivity index (χ0v) is 25.6. The van der Waals surface area contributed by atoms with Gasteiger partial charge in [0.15, 0.2) is 0 Å². The normalized spacial score (nSPS) is 13.8. The Morgan fingerprint density at radius 3 is 2.09 bits per heavy atom. The third-order valence-corrected chi connectivity index (χ3v) is 8.36. The average molecular weight is 637 g/mol. The summed E-state index contributed by atoms with van der Waals surface area (Å²) in [7, 11) is 0. The Hall–Kier alpha value is -3.85. The highest BCUT2D eigenvalue weighted by molar-refractivity contribution is 6.32. The third kappa shape index (κ3) is 8.87. The fourth-order valence-electron chi connectivity index (χ4n) is 5.55. The van der Waals surface area contributed by atoms with Crippen LogP contribution in [-0.4, -0.2) is 61.7 Å². The van der Waals surface area contributed by atoms with E-state index in [9.17, 15) is 18.0 Å².